The molecule has 1 aromatic carbocycles. The molecule has 19 heavy (non-hydrogen) atoms. The largest absolute Gasteiger partial charge is 0.491 e. The molecule has 5 heteroatoms. The molecule has 3 nitrogen and oxygen atoms in total. The van der Waals surface area contributed by atoms with Crippen molar-refractivity contribution in [3.63, 3.8) is 0 Å². The van der Waals surface area contributed by atoms with Crippen molar-refractivity contribution < 1.29 is 14.2 Å². The van der Waals surface area contributed by atoms with E-state index in [9.17, 15) is 9.50 Å². The van der Waals surface area contributed by atoms with Gasteiger partial charge in [-0.1, -0.05) is 5.92 Å². The first-order valence-electron chi connectivity index (χ1n) is 6.00. The number of rotatable bonds is 9. The van der Waals surface area contributed by atoms with Gasteiger partial charge in [-0.3, -0.25) is 0 Å². The van der Waals surface area contributed by atoms with Crippen LogP contribution in [0.1, 0.15) is 0 Å². The molecular formula is C14H18FNO2S. The van der Waals surface area contributed by atoms with E-state index in [0.717, 1.165) is 12.3 Å². The Kier molecular flexibility index (Phi) is 8.07. The fourth-order valence-electron chi connectivity index (χ4n) is 1.33. The molecule has 0 fully saturated rings. The maximum absolute atomic E-state index is 12.7. The van der Waals surface area contributed by atoms with Gasteiger partial charge >= 0.3 is 0 Å². The Balaban J connectivity index is 2.06. The summed E-state index contributed by atoms with van der Waals surface area (Å²) in [4.78, 5) is 0. The van der Waals surface area contributed by atoms with E-state index >= 15 is 0 Å². The predicted octanol–water partition coefficient (Wildman–Crippen LogP) is 1.52. The molecule has 0 saturated heterocycles. The van der Waals surface area contributed by atoms with Gasteiger partial charge in [0.05, 0.1) is 5.75 Å². The minimum Gasteiger partial charge on any atom is -0.491 e. The summed E-state index contributed by atoms with van der Waals surface area (Å²) < 4.78 is 18.0. The normalized spacial score (nSPS) is 11.8. The van der Waals surface area contributed by atoms with Crippen molar-refractivity contribution >= 4 is 11.8 Å². The van der Waals surface area contributed by atoms with Crippen molar-refractivity contribution in [1.82, 2.24) is 5.32 Å². The van der Waals surface area contributed by atoms with Gasteiger partial charge < -0.3 is 15.2 Å². The van der Waals surface area contributed by atoms with E-state index in [1.807, 2.05) is 0 Å². The summed E-state index contributed by atoms with van der Waals surface area (Å²) in [5.41, 5.74) is 0. The number of aliphatic hydroxyl groups is 1. The highest BCUT2D eigenvalue weighted by atomic mass is 32.2. The molecule has 0 spiro atoms. The fourth-order valence-corrected chi connectivity index (χ4v) is 1.88. The van der Waals surface area contributed by atoms with Crippen LogP contribution in [0.4, 0.5) is 4.39 Å². The van der Waals surface area contributed by atoms with Crippen LogP contribution in [0.5, 0.6) is 5.75 Å². The van der Waals surface area contributed by atoms with Crippen molar-refractivity contribution in [2.45, 2.75) is 6.10 Å². The third-order valence-electron chi connectivity index (χ3n) is 2.24. The van der Waals surface area contributed by atoms with Gasteiger partial charge in [0.2, 0.25) is 0 Å². The zero-order chi connectivity index (χ0) is 13.9. The summed E-state index contributed by atoms with van der Waals surface area (Å²) >= 11 is 1.67. The fraction of sp³-hybridized carbons (Fsp3) is 0.429. The van der Waals surface area contributed by atoms with Gasteiger partial charge in [0.15, 0.2) is 0 Å². The highest BCUT2D eigenvalue weighted by Crippen LogP contribution is 2.11. The molecule has 1 rings (SSSR count). The molecule has 0 aliphatic rings. The average molecular weight is 283 g/mol. The van der Waals surface area contributed by atoms with Crippen LogP contribution in [0.3, 0.4) is 0 Å². The maximum atomic E-state index is 12.7. The molecule has 1 unspecified atom stereocenters. The first kappa shape index (κ1) is 15.8. The number of thioether (sulfide) groups is 1. The van der Waals surface area contributed by atoms with Crippen LogP contribution in [-0.4, -0.2) is 42.4 Å². The quantitative estimate of drug-likeness (QED) is 0.533. The Morgan fingerprint density at radius 2 is 2.16 bits per heavy atom. The molecule has 0 aliphatic heterocycles. The summed E-state index contributed by atoms with van der Waals surface area (Å²) in [6, 6.07) is 5.71. The molecule has 0 saturated carbocycles. The van der Waals surface area contributed by atoms with Crippen molar-refractivity contribution in [3.8, 4) is 18.1 Å². The number of ether oxygens (including phenoxy) is 1. The van der Waals surface area contributed by atoms with Gasteiger partial charge in [0.1, 0.15) is 24.3 Å². The summed E-state index contributed by atoms with van der Waals surface area (Å²) in [5, 5.41) is 12.8. The van der Waals surface area contributed by atoms with Crippen molar-refractivity contribution in [2.24, 2.45) is 0 Å². The van der Waals surface area contributed by atoms with Crippen molar-refractivity contribution in [2.75, 3.05) is 31.2 Å². The third-order valence-corrected chi connectivity index (χ3v) is 3.11. The van der Waals surface area contributed by atoms with Gasteiger partial charge in [0.25, 0.3) is 0 Å². The lowest BCUT2D eigenvalue weighted by Crippen LogP contribution is -2.32. The summed E-state index contributed by atoms with van der Waals surface area (Å²) in [7, 11) is 0. The Hall–Kier alpha value is -1.22. The summed E-state index contributed by atoms with van der Waals surface area (Å²) in [6.45, 7) is 1.42. The predicted molar refractivity (Wildman–Crippen MR) is 76.9 cm³/mol. The molecule has 0 amide bonds. The van der Waals surface area contributed by atoms with Crippen LogP contribution in [0.2, 0.25) is 0 Å². The smallest absolute Gasteiger partial charge is 0.123 e. The van der Waals surface area contributed by atoms with Crippen LogP contribution >= 0.6 is 11.8 Å². The van der Waals surface area contributed by atoms with E-state index in [2.05, 4.69) is 11.2 Å². The zero-order valence-corrected chi connectivity index (χ0v) is 11.5. The molecule has 0 aromatic heterocycles. The molecular weight excluding hydrogens is 265 g/mol. The highest BCUT2D eigenvalue weighted by Gasteiger charge is 2.04. The van der Waals surface area contributed by atoms with E-state index < -0.39 is 6.10 Å². The number of aliphatic hydroxyl groups excluding tert-OH is 1. The second-order valence-electron chi connectivity index (χ2n) is 3.88. The van der Waals surface area contributed by atoms with Crippen LogP contribution < -0.4 is 10.1 Å². The van der Waals surface area contributed by atoms with Gasteiger partial charge in [-0.15, -0.1) is 18.2 Å². The number of terminal acetylenes is 1. The lowest BCUT2D eigenvalue weighted by molar-refractivity contribution is 0.107. The SMILES string of the molecule is C#CCSCCNCC(O)COc1ccc(F)cc1. The van der Waals surface area contributed by atoms with E-state index in [0.29, 0.717) is 18.0 Å². The Bertz CT molecular complexity index is 391. The molecule has 1 aromatic rings. The van der Waals surface area contributed by atoms with E-state index in [-0.39, 0.29) is 12.4 Å². The molecule has 0 heterocycles. The monoisotopic (exact) mass is 283 g/mol. The summed E-state index contributed by atoms with van der Waals surface area (Å²) in [6.07, 6.45) is 4.53. The number of hydrogen-bond acceptors (Lipinski definition) is 4. The number of benzene rings is 1. The first-order valence-corrected chi connectivity index (χ1v) is 7.16. The number of hydrogen-bond donors (Lipinski definition) is 2. The Labute approximate surface area is 117 Å². The first-order chi connectivity index (χ1) is 9.22. The molecule has 104 valence electrons. The molecule has 1 atom stereocenters. The van der Waals surface area contributed by atoms with Crippen LogP contribution in [0.25, 0.3) is 0 Å². The van der Waals surface area contributed by atoms with Crippen molar-refractivity contribution in [1.29, 1.82) is 0 Å². The number of halogens is 1. The molecule has 0 radical (unpaired) electrons. The lowest BCUT2D eigenvalue weighted by atomic mass is 10.3. The third kappa shape index (κ3) is 7.73. The van der Waals surface area contributed by atoms with Gasteiger partial charge in [-0.05, 0) is 24.3 Å². The van der Waals surface area contributed by atoms with E-state index in [4.69, 9.17) is 11.2 Å². The number of nitrogens with one attached hydrogen (secondary N) is 1. The maximum Gasteiger partial charge on any atom is 0.123 e. The van der Waals surface area contributed by atoms with Crippen molar-refractivity contribution in [3.05, 3.63) is 30.1 Å². The van der Waals surface area contributed by atoms with E-state index in [1.165, 1.54) is 24.3 Å². The second kappa shape index (κ2) is 9.68. The van der Waals surface area contributed by atoms with Gasteiger partial charge in [-0.2, -0.15) is 0 Å². The zero-order valence-electron chi connectivity index (χ0n) is 10.6. The Morgan fingerprint density at radius 1 is 1.42 bits per heavy atom. The minimum atomic E-state index is -0.595. The minimum absolute atomic E-state index is 0.177. The van der Waals surface area contributed by atoms with Gasteiger partial charge in [-0.25, -0.2) is 4.39 Å². The van der Waals surface area contributed by atoms with Crippen LogP contribution in [0.15, 0.2) is 24.3 Å². The highest BCUT2D eigenvalue weighted by molar-refractivity contribution is 7.99. The Morgan fingerprint density at radius 3 is 2.84 bits per heavy atom. The summed E-state index contributed by atoms with van der Waals surface area (Å²) in [5.74, 6) is 4.41. The van der Waals surface area contributed by atoms with Crippen LogP contribution in [-0.2, 0) is 0 Å². The van der Waals surface area contributed by atoms with Crippen LogP contribution in [0, 0.1) is 18.2 Å². The standard InChI is InChI=1S/C14H18FNO2S/c1-2-8-19-9-7-16-10-13(17)11-18-14-5-3-12(15)4-6-14/h1,3-6,13,16-17H,7-11H2. The topological polar surface area (TPSA) is 41.5 Å². The second-order valence-corrected chi connectivity index (χ2v) is 4.98. The van der Waals surface area contributed by atoms with E-state index in [1.54, 1.807) is 11.8 Å². The lowest BCUT2D eigenvalue weighted by Gasteiger charge is -2.13. The molecule has 0 bridgehead atoms. The van der Waals surface area contributed by atoms with Gasteiger partial charge in [0, 0.05) is 18.8 Å². The average Bonchev–Trinajstić information content (AvgIpc) is 2.42. The molecule has 2 N–H and O–H groups in total. The molecule has 0 aliphatic carbocycles.